The van der Waals surface area contributed by atoms with Crippen LogP contribution < -0.4 is 5.32 Å². The molecule has 2 aromatic rings. The second-order valence-electron chi connectivity index (χ2n) is 5.49. The topological polar surface area (TPSA) is 98.5 Å². The highest BCUT2D eigenvalue weighted by Crippen LogP contribution is 2.14. The maximum absolute atomic E-state index is 11.9. The molecule has 0 saturated carbocycles. The van der Waals surface area contributed by atoms with Crippen molar-refractivity contribution in [1.29, 1.82) is 0 Å². The standard InChI is InChI=1S/C16H23N5O3/c1-4-24-15(23)6-5-9-17-14(22)8-7-13-11(2)20-16-18-10-19-21(16)12(13)3/h10H,4-9H2,1-3H3,(H,17,22). The van der Waals surface area contributed by atoms with Crippen molar-refractivity contribution in [2.45, 2.75) is 46.5 Å². The second kappa shape index (κ2) is 8.37. The summed E-state index contributed by atoms with van der Waals surface area (Å²) in [7, 11) is 0. The third kappa shape index (κ3) is 4.50. The molecule has 0 aliphatic heterocycles. The summed E-state index contributed by atoms with van der Waals surface area (Å²) in [6, 6.07) is 0. The van der Waals surface area contributed by atoms with Crippen LogP contribution in [0.5, 0.6) is 0 Å². The summed E-state index contributed by atoms with van der Waals surface area (Å²) in [5.74, 6) is 0.290. The molecule has 0 aliphatic carbocycles. The smallest absolute Gasteiger partial charge is 0.305 e. The van der Waals surface area contributed by atoms with E-state index >= 15 is 0 Å². The van der Waals surface area contributed by atoms with Crippen LogP contribution in [-0.2, 0) is 20.7 Å². The van der Waals surface area contributed by atoms with Gasteiger partial charge in [0.2, 0.25) is 5.91 Å². The number of nitrogens with one attached hydrogen (secondary N) is 1. The highest BCUT2D eigenvalue weighted by molar-refractivity contribution is 5.76. The summed E-state index contributed by atoms with van der Waals surface area (Å²) in [5, 5.41) is 6.96. The molecule has 0 fully saturated rings. The van der Waals surface area contributed by atoms with Crippen LogP contribution in [0.3, 0.4) is 0 Å². The molecule has 8 heteroatoms. The van der Waals surface area contributed by atoms with Crippen LogP contribution >= 0.6 is 0 Å². The average molecular weight is 333 g/mol. The zero-order valence-electron chi connectivity index (χ0n) is 14.3. The number of rotatable bonds is 8. The van der Waals surface area contributed by atoms with Gasteiger partial charge in [-0.05, 0) is 39.2 Å². The molecule has 2 aromatic heterocycles. The number of hydrogen-bond donors (Lipinski definition) is 1. The molecule has 1 amide bonds. The van der Waals surface area contributed by atoms with Gasteiger partial charge in [-0.15, -0.1) is 0 Å². The van der Waals surface area contributed by atoms with Crippen molar-refractivity contribution < 1.29 is 14.3 Å². The van der Waals surface area contributed by atoms with Gasteiger partial charge in [0.15, 0.2) is 0 Å². The summed E-state index contributed by atoms with van der Waals surface area (Å²) in [4.78, 5) is 31.6. The Hall–Kier alpha value is -2.51. The van der Waals surface area contributed by atoms with Crippen molar-refractivity contribution in [3.05, 3.63) is 23.3 Å². The molecule has 0 radical (unpaired) electrons. The van der Waals surface area contributed by atoms with Crippen LogP contribution in [0, 0.1) is 13.8 Å². The summed E-state index contributed by atoms with van der Waals surface area (Å²) >= 11 is 0. The highest BCUT2D eigenvalue weighted by Gasteiger charge is 2.12. The fourth-order valence-electron chi connectivity index (χ4n) is 2.54. The third-order valence-corrected chi connectivity index (χ3v) is 3.78. The van der Waals surface area contributed by atoms with E-state index in [2.05, 4.69) is 20.4 Å². The minimum absolute atomic E-state index is 0.0450. The normalized spacial score (nSPS) is 10.8. The number of aromatic nitrogens is 4. The fourth-order valence-corrected chi connectivity index (χ4v) is 2.54. The Labute approximate surface area is 140 Å². The van der Waals surface area contributed by atoms with E-state index in [1.165, 1.54) is 6.33 Å². The number of carbonyl (C=O) groups is 2. The number of fused-ring (bicyclic) bond motifs is 1. The Morgan fingerprint density at radius 1 is 1.29 bits per heavy atom. The van der Waals surface area contributed by atoms with E-state index < -0.39 is 0 Å². The molecule has 0 bridgehead atoms. The number of esters is 1. The van der Waals surface area contributed by atoms with Crippen molar-refractivity contribution in [2.75, 3.05) is 13.2 Å². The second-order valence-corrected chi connectivity index (χ2v) is 5.49. The summed E-state index contributed by atoms with van der Waals surface area (Å²) in [6.45, 7) is 6.48. The minimum atomic E-state index is -0.231. The van der Waals surface area contributed by atoms with Gasteiger partial charge in [0, 0.05) is 30.8 Å². The SMILES string of the molecule is CCOC(=O)CCCNC(=O)CCc1c(C)nc2ncnn2c1C. The van der Waals surface area contributed by atoms with Crippen LogP contribution in [0.15, 0.2) is 6.33 Å². The Kier molecular flexibility index (Phi) is 6.22. The van der Waals surface area contributed by atoms with Gasteiger partial charge >= 0.3 is 5.97 Å². The number of amides is 1. The van der Waals surface area contributed by atoms with Crippen molar-refractivity contribution >= 4 is 17.7 Å². The van der Waals surface area contributed by atoms with Crippen LogP contribution in [0.25, 0.3) is 5.78 Å². The molecule has 130 valence electrons. The van der Waals surface area contributed by atoms with Gasteiger partial charge in [0.05, 0.1) is 6.61 Å². The maximum atomic E-state index is 11.9. The molecule has 0 saturated heterocycles. The lowest BCUT2D eigenvalue weighted by Gasteiger charge is -2.10. The molecular weight excluding hydrogens is 310 g/mol. The first kappa shape index (κ1) is 17.8. The van der Waals surface area contributed by atoms with Gasteiger partial charge in [-0.3, -0.25) is 9.59 Å². The number of ether oxygens (including phenoxy) is 1. The van der Waals surface area contributed by atoms with E-state index in [0.29, 0.717) is 44.6 Å². The first-order valence-corrected chi connectivity index (χ1v) is 8.11. The summed E-state index contributed by atoms with van der Waals surface area (Å²) in [5.41, 5.74) is 2.82. The molecule has 0 unspecified atom stereocenters. The van der Waals surface area contributed by atoms with E-state index in [0.717, 1.165) is 17.0 Å². The van der Waals surface area contributed by atoms with Gasteiger partial charge in [-0.25, -0.2) is 9.50 Å². The Balaban J connectivity index is 1.81. The van der Waals surface area contributed by atoms with Crippen molar-refractivity contribution in [2.24, 2.45) is 0 Å². The molecule has 24 heavy (non-hydrogen) atoms. The summed E-state index contributed by atoms with van der Waals surface area (Å²) < 4.78 is 6.52. The lowest BCUT2D eigenvalue weighted by molar-refractivity contribution is -0.143. The average Bonchev–Trinajstić information content (AvgIpc) is 3.00. The monoisotopic (exact) mass is 333 g/mol. The number of nitrogens with zero attached hydrogens (tertiary/aromatic N) is 4. The number of carbonyl (C=O) groups excluding carboxylic acids is 2. The van der Waals surface area contributed by atoms with Crippen LogP contribution in [0.4, 0.5) is 0 Å². The molecular formula is C16H23N5O3. The molecule has 2 rings (SSSR count). The van der Waals surface area contributed by atoms with Gasteiger partial charge < -0.3 is 10.1 Å². The van der Waals surface area contributed by atoms with E-state index in [1.807, 2.05) is 13.8 Å². The van der Waals surface area contributed by atoms with E-state index in [-0.39, 0.29) is 11.9 Å². The maximum Gasteiger partial charge on any atom is 0.305 e. The van der Waals surface area contributed by atoms with Crippen LogP contribution in [0.1, 0.15) is 43.1 Å². The fraction of sp³-hybridized carbons (Fsp3) is 0.562. The molecule has 2 heterocycles. The molecule has 8 nitrogen and oxygen atoms in total. The Morgan fingerprint density at radius 3 is 2.83 bits per heavy atom. The molecule has 0 atom stereocenters. The molecule has 1 N–H and O–H groups in total. The molecule has 0 spiro atoms. The van der Waals surface area contributed by atoms with Crippen molar-refractivity contribution in [3.8, 4) is 0 Å². The lowest BCUT2D eigenvalue weighted by Crippen LogP contribution is -2.25. The minimum Gasteiger partial charge on any atom is -0.466 e. The van der Waals surface area contributed by atoms with Gasteiger partial charge in [0.25, 0.3) is 5.78 Å². The molecule has 0 aromatic carbocycles. The van der Waals surface area contributed by atoms with Crippen LogP contribution in [-0.4, -0.2) is 44.6 Å². The summed E-state index contributed by atoms with van der Waals surface area (Å²) in [6.07, 6.45) is 3.32. The zero-order chi connectivity index (χ0) is 17.5. The van der Waals surface area contributed by atoms with Crippen LogP contribution in [0.2, 0.25) is 0 Å². The van der Waals surface area contributed by atoms with Gasteiger partial charge in [0.1, 0.15) is 6.33 Å². The Morgan fingerprint density at radius 2 is 2.08 bits per heavy atom. The van der Waals surface area contributed by atoms with E-state index in [9.17, 15) is 9.59 Å². The predicted octanol–water partition coefficient (Wildman–Crippen LogP) is 1.13. The van der Waals surface area contributed by atoms with Crippen molar-refractivity contribution in [1.82, 2.24) is 24.9 Å². The number of hydrogen-bond acceptors (Lipinski definition) is 6. The first-order valence-electron chi connectivity index (χ1n) is 8.11. The van der Waals surface area contributed by atoms with Gasteiger partial charge in [-0.2, -0.15) is 10.1 Å². The predicted molar refractivity (Wildman–Crippen MR) is 87.5 cm³/mol. The Bertz CT molecular complexity index is 726. The lowest BCUT2D eigenvalue weighted by atomic mass is 10.1. The highest BCUT2D eigenvalue weighted by atomic mass is 16.5. The van der Waals surface area contributed by atoms with Gasteiger partial charge in [-0.1, -0.05) is 0 Å². The zero-order valence-corrected chi connectivity index (χ0v) is 14.3. The van der Waals surface area contributed by atoms with E-state index in [1.54, 1.807) is 11.4 Å². The quantitative estimate of drug-likeness (QED) is 0.574. The third-order valence-electron chi connectivity index (χ3n) is 3.78. The van der Waals surface area contributed by atoms with E-state index in [4.69, 9.17) is 4.74 Å². The first-order chi connectivity index (χ1) is 11.5. The molecule has 0 aliphatic rings. The number of aryl methyl sites for hydroxylation is 2. The largest absolute Gasteiger partial charge is 0.466 e. The van der Waals surface area contributed by atoms with Crippen molar-refractivity contribution in [3.63, 3.8) is 0 Å².